The van der Waals surface area contributed by atoms with Crippen LogP contribution in [0, 0.1) is 5.92 Å². The van der Waals surface area contributed by atoms with Gasteiger partial charge in [-0.2, -0.15) is 0 Å². The third-order valence-corrected chi connectivity index (χ3v) is 3.78. The lowest BCUT2D eigenvalue weighted by molar-refractivity contribution is -0.119. The SMILES string of the molecule is CCc1ccc(O)c(NC(=O)C2NCCCC2C)c1. The molecule has 1 aromatic rings. The van der Waals surface area contributed by atoms with Crippen LogP contribution in [0.1, 0.15) is 32.3 Å². The fourth-order valence-electron chi connectivity index (χ4n) is 2.51. The van der Waals surface area contributed by atoms with Gasteiger partial charge in [-0.3, -0.25) is 4.79 Å². The van der Waals surface area contributed by atoms with E-state index in [9.17, 15) is 9.90 Å². The van der Waals surface area contributed by atoms with E-state index in [2.05, 4.69) is 17.6 Å². The molecule has 2 atom stereocenters. The Morgan fingerprint density at radius 1 is 1.53 bits per heavy atom. The molecule has 1 aromatic carbocycles. The minimum Gasteiger partial charge on any atom is -0.506 e. The lowest BCUT2D eigenvalue weighted by Crippen LogP contribution is -2.48. The summed E-state index contributed by atoms with van der Waals surface area (Å²) in [5.41, 5.74) is 1.60. The number of aryl methyl sites for hydroxylation is 1. The Labute approximate surface area is 114 Å². The number of amides is 1. The van der Waals surface area contributed by atoms with Crippen molar-refractivity contribution in [1.29, 1.82) is 0 Å². The maximum atomic E-state index is 12.2. The molecule has 0 aromatic heterocycles. The summed E-state index contributed by atoms with van der Waals surface area (Å²) in [6, 6.07) is 5.16. The first-order chi connectivity index (χ1) is 9.11. The number of hydrogen-bond donors (Lipinski definition) is 3. The normalized spacial score (nSPS) is 23.1. The first-order valence-corrected chi connectivity index (χ1v) is 6.98. The number of hydrogen-bond acceptors (Lipinski definition) is 3. The van der Waals surface area contributed by atoms with Gasteiger partial charge in [0.15, 0.2) is 0 Å². The molecule has 3 N–H and O–H groups in total. The van der Waals surface area contributed by atoms with Crippen LogP contribution < -0.4 is 10.6 Å². The van der Waals surface area contributed by atoms with Gasteiger partial charge in [0.05, 0.1) is 11.7 Å². The molecule has 2 rings (SSSR count). The Morgan fingerprint density at radius 3 is 3.00 bits per heavy atom. The summed E-state index contributed by atoms with van der Waals surface area (Å²) < 4.78 is 0. The highest BCUT2D eigenvalue weighted by molar-refractivity contribution is 5.96. The number of carbonyl (C=O) groups is 1. The highest BCUT2D eigenvalue weighted by atomic mass is 16.3. The zero-order chi connectivity index (χ0) is 13.8. The van der Waals surface area contributed by atoms with Crippen LogP contribution in [0.3, 0.4) is 0 Å². The van der Waals surface area contributed by atoms with Crippen molar-refractivity contribution in [3.63, 3.8) is 0 Å². The van der Waals surface area contributed by atoms with Crippen molar-refractivity contribution in [2.24, 2.45) is 5.92 Å². The van der Waals surface area contributed by atoms with Gasteiger partial charge >= 0.3 is 0 Å². The van der Waals surface area contributed by atoms with Crippen molar-refractivity contribution in [1.82, 2.24) is 5.32 Å². The van der Waals surface area contributed by atoms with Gasteiger partial charge < -0.3 is 15.7 Å². The van der Waals surface area contributed by atoms with E-state index in [0.717, 1.165) is 31.4 Å². The predicted molar refractivity (Wildman–Crippen MR) is 76.3 cm³/mol. The molecule has 0 aliphatic carbocycles. The summed E-state index contributed by atoms with van der Waals surface area (Å²) in [5.74, 6) is 0.384. The molecule has 104 valence electrons. The number of nitrogens with one attached hydrogen (secondary N) is 2. The standard InChI is InChI=1S/C15H22N2O2/c1-3-11-6-7-13(18)12(9-11)17-15(19)14-10(2)5-4-8-16-14/h6-7,9-10,14,16,18H,3-5,8H2,1-2H3,(H,17,19). The second kappa shape index (κ2) is 6.06. The number of aromatic hydroxyl groups is 1. The predicted octanol–water partition coefficient (Wildman–Crippen LogP) is 2.28. The van der Waals surface area contributed by atoms with Gasteiger partial charge in [-0.1, -0.05) is 19.9 Å². The van der Waals surface area contributed by atoms with Crippen molar-refractivity contribution in [2.75, 3.05) is 11.9 Å². The molecule has 1 fully saturated rings. The van der Waals surface area contributed by atoms with Crippen LogP contribution in [-0.2, 0) is 11.2 Å². The summed E-state index contributed by atoms with van der Waals surface area (Å²) >= 11 is 0. The molecule has 1 aliphatic heterocycles. The molecule has 19 heavy (non-hydrogen) atoms. The molecule has 4 heteroatoms. The molecule has 0 spiro atoms. The number of phenolic OH excluding ortho intramolecular Hbond substituents is 1. The quantitative estimate of drug-likeness (QED) is 0.732. The molecule has 0 radical (unpaired) electrons. The van der Waals surface area contributed by atoms with Crippen molar-refractivity contribution < 1.29 is 9.90 Å². The zero-order valence-electron chi connectivity index (χ0n) is 11.6. The Balaban J connectivity index is 2.09. The van der Waals surface area contributed by atoms with Gasteiger partial charge in [0.25, 0.3) is 0 Å². The number of rotatable bonds is 3. The molecule has 1 heterocycles. The second-order valence-electron chi connectivity index (χ2n) is 5.25. The van der Waals surface area contributed by atoms with E-state index in [0.29, 0.717) is 11.6 Å². The van der Waals surface area contributed by atoms with E-state index >= 15 is 0 Å². The minimum atomic E-state index is -0.168. The van der Waals surface area contributed by atoms with Gasteiger partial charge in [-0.25, -0.2) is 0 Å². The molecular weight excluding hydrogens is 240 g/mol. The Kier molecular flexibility index (Phi) is 4.43. The smallest absolute Gasteiger partial charge is 0.241 e. The summed E-state index contributed by atoms with van der Waals surface area (Å²) in [5, 5.41) is 15.9. The van der Waals surface area contributed by atoms with E-state index < -0.39 is 0 Å². The molecule has 0 bridgehead atoms. The van der Waals surface area contributed by atoms with Crippen LogP contribution >= 0.6 is 0 Å². The van der Waals surface area contributed by atoms with Crippen LogP contribution in [0.5, 0.6) is 5.75 Å². The molecule has 1 aliphatic rings. The highest BCUT2D eigenvalue weighted by Gasteiger charge is 2.27. The number of piperidine rings is 1. The summed E-state index contributed by atoms with van der Waals surface area (Å²) in [7, 11) is 0. The molecule has 1 amide bonds. The van der Waals surface area contributed by atoms with Gasteiger partial charge in [-0.05, 0) is 49.4 Å². The van der Waals surface area contributed by atoms with Crippen molar-refractivity contribution in [2.45, 2.75) is 39.2 Å². The van der Waals surface area contributed by atoms with Gasteiger partial charge in [0.1, 0.15) is 5.75 Å². The Hall–Kier alpha value is -1.55. The number of phenols is 1. The summed E-state index contributed by atoms with van der Waals surface area (Å²) in [6.07, 6.45) is 3.05. The van der Waals surface area contributed by atoms with E-state index in [4.69, 9.17) is 0 Å². The van der Waals surface area contributed by atoms with Crippen LogP contribution in [0.25, 0.3) is 0 Å². The Bertz CT molecular complexity index is 459. The van der Waals surface area contributed by atoms with Crippen LogP contribution in [0.4, 0.5) is 5.69 Å². The van der Waals surface area contributed by atoms with E-state index in [1.165, 1.54) is 0 Å². The lowest BCUT2D eigenvalue weighted by atomic mass is 9.92. The highest BCUT2D eigenvalue weighted by Crippen LogP contribution is 2.25. The number of carbonyl (C=O) groups excluding carboxylic acids is 1. The minimum absolute atomic E-state index is 0.0595. The maximum Gasteiger partial charge on any atom is 0.241 e. The monoisotopic (exact) mass is 262 g/mol. The topological polar surface area (TPSA) is 61.4 Å². The molecule has 2 unspecified atom stereocenters. The third-order valence-electron chi connectivity index (χ3n) is 3.78. The first kappa shape index (κ1) is 13.9. The maximum absolute atomic E-state index is 12.2. The number of benzene rings is 1. The van der Waals surface area contributed by atoms with Crippen molar-refractivity contribution in [3.8, 4) is 5.75 Å². The third kappa shape index (κ3) is 3.26. The van der Waals surface area contributed by atoms with Crippen LogP contribution in [0.2, 0.25) is 0 Å². The van der Waals surface area contributed by atoms with E-state index in [1.807, 2.05) is 19.1 Å². The summed E-state index contributed by atoms with van der Waals surface area (Å²) in [6.45, 7) is 5.00. The summed E-state index contributed by atoms with van der Waals surface area (Å²) in [4.78, 5) is 12.2. The average Bonchev–Trinajstić information content (AvgIpc) is 2.41. The second-order valence-corrected chi connectivity index (χ2v) is 5.25. The van der Waals surface area contributed by atoms with Crippen LogP contribution in [-0.4, -0.2) is 23.6 Å². The largest absolute Gasteiger partial charge is 0.506 e. The average molecular weight is 262 g/mol. The fraction of sp³-hybridized carbons (Fsp3) is 0.533. The van der Waals surface area contributed by atoms with Crippen molar-refractivity contribution >= 4 is 11.6 Å². The molecule has 0 saturated carbocycles. The van der Waals surface area contributed by atoms with Gasteiger partial charge in [-0.15, -0.1) is 0 Å². The fourth-order valence-corrected chi connectivity index (χ4v) is 2.51. The van der Waals surface area contributed by atoms with Gasteiger partial charge in [0, 0.05) is 0 Å². The van der Waals surface area contributed by atoms with Gasteiger partial charge in [0.2, 0.25) is 5.91 Å². The van der Waals surface area contributed by atoms with E-state index in [1.54, 1.807) is 6.07 Å². The molecule has 1 saturated heterocycles. The van der Waals surface area contributed by atoms with Crippen LogP contribution in [0.15, 0.2) is 18.2 Å². The first-order valence-electron chi connectivity index (χ1n) is 6.98. The zero-order valence-corrected chi connectivity index (χ0v) is 11.6. The molecular formula is C15H22N2O2. The number of anilines is 1. The Morgan fingerprint density at radius 2 is 2.32 bits per heavy atom. The van der Waals surface area contributed by atoms with E-state index in [-0.39, 0.29) is 17.7 Å². The lowest BCUT2D eigenvalue weighted by Gasteiger charge is -2.29. The molecule has 4 nitrogen and oxygen atoms in total. The van der Waals surface area contributed by atoms with Crippen molar-refractivity contribution in [3.05, 3.63) is 23.8 Å².